The van der Waals surface area contributed by atoms with Crippen molar-refractivity contribution in [2.75, 3.05) is 0 Å². The lowest BCUT2D eigenvalue weighted by molar-refractivity contribution is -0.141. The van der Waals surface area contributed by atoms with Gasteiger partial charge in [-0.3, -0.25) is 9.78 Å². The molecule has 2 atom stereocenters. The Morgan fingerprint density at radius 2 is 2.43 bits per heavy atom. The quantitative estimate of drug-likeness (QED) is 0.754. The molecule has 0 aliphatic rings. The van der Waals surface area contributed by atoms with Crippen LogP contribution in [0.5, 0.6) is 0 Å². The predicted molar refractivity (Wildman–Crippen MR) is 52.6 cm³/mol. The normalized spacial score (nSPS) is 14.7. The van der Waals surface area contributed by atoms with Crippen LogP contribution in [0.25, 0.3) is 0 Å². The van der Waals surface area contributed by atoms with E-state index in [1.165, 1.54) is 0 Å². The minimum atomic E-state index is -0.815. The highest BCUT2D eigenvalue weighted by molar-refractivity contribution is 5.69. The molecule has 1 rings (SSSR count). The van der Waals surface area contributed by atoms with Crippen LogP contribution in [0, 0.1) is 5.92 Å². The molecule has 0 aliphatic carbocycles. The highest BCUT2D eigenvalue weighted by atomic mass is 16.4. The summed E-state index contributed by atoms with van der Waals surface area (Å²) in [6.45, 7) is 1.65. The van der Waals surface area contributed by atoms with E-state index in [2.05, 4.69) is 4.98 Å². The first-order chi connectivity index (χ1) is 6.61. The standard InChI is InChI=1S/C10H14N2O2/c1-7(10(13)14)5-9(11)8-3-2-4-12-6-8/h2-4,6-7,9H,5,11H2,1H3,(H,13,14). The predicted octanol–water partition coefficient (Wildman–Crippen LogP) is 1.19. The van der Waals surface area contributed by atoms with Gasteiger partial charge >= 0.3 is 5.97 Å². The van der Waals surface area contributed by atoms with Crippen molar-refractivity contribution in [1.29, 1.82) is 0 Å². The van der Waals surface area contributed by atoms with Crippen molar-refractivity contribution in [3.05, 3.63) is 30.1 Å². The van der Waals surface area contributed by atoms with Gasteiger partial charge in [0, 0.05) is 18.4 Å². The van der Waals surface area contributed by atoms with Gasteiger partial charge in [0.05, 0.1) is 5.92 Å². The summed E-state index contributed by atoms with van der Waals surface area (Å²) in [6, 6.07) is 3.39. The summed E-state index contributed by atoms with van der Waals surface area (Å²) >= 11 is 0. The molecule has 0 aromatic carbocycles. The average Bonchev–Trinajstić information content (AvgIpc) is 2.19. The molecule has 3 N–H and O–H groups in total. The second-order valence-corrected chi connectivity index (χ2v) is 3.37. The Kier molecular flexibility index (Phi) is 3.59. The Hall–Kier alpha value is -1.42. The van der Waals surface area contributed by atoms with E-state index in [-0.39, 0.29) is 6.04 Å². The molecule has 1 heterocycles. The van der Waals surface area contributed by atoms with Crippen LogP contribution in [0.1, 0.15) is 24.9 Å². The monoisotopic (exact) mass is 194 g/mol. The van der Waals surface area contributed by atoms with Gasteiger partial charge in [0.25, 0.3) is 0 Å². The Morgan fingerprint density at radius 1 is 1.71 bits per heavy atom. The lowest BCUT2D eigenvalue weighted by Gasteiger charge is -2.13. The molecule has 0 fully saturated rings. The van der Waals surface area contributed by atoms with Crippen LogP contribution < -0.4 is 5.73 Å². The fourth-order valence-electron chi connectivity index (χ4n) is 1.21. The molecule has 0 saturated carbocycles. The van der Waals surface area contributed by atoms with E-state index in [4.69, 9.17) is 10.8 Å². The number of carboxylic acids is 1. The minimum absolute atomic E-state index is 0.255. The molecule has 76 valence electrons. The summed E-state index contributed by atoms with van der Waals surface area (Å²) in [5.74, 6) is -1.24. The molecule has 14 heavy (non-hydrogen) atoms. The van der Waals surface area contributed by atoms with Gasteiger partial charge < -0.3 is 10.8 Å². The molecule has 0 saturated heterocycles. The van der Waals surface area contributed by atoms with Gasteiger partial charge in [-0.15, -0.1) is 0 Å². The molecular formula is C10H14N2O2. The maximum Gasteiger partial charge on any atom is 0.306 e. The van der Waals surface area contributed by atoms with E-state index in [0.717, 1.165) is 5.56 Å². The number of nitrogens with two attached hydrogens (primary N) is 1. The van der Waals surface area contributed by atoms with E-state index < -0.39 is 11.9 Å². The maximum absolute atomic E-state index is 10.6. The summed E-state index contributed by atoms with van der Waals surface area (Å²) in [5, 5.41) is 8.71. The van der Waals surface area contributed by atoms with E-state index in [9.17, 15) is 4.79 Å². The van der Waals surface area contributed by atoms with E-state index in [0.29, 0.717) is 6.42 Å². The van der Waals surface area contributed by atoms with Crippen LogP contribution in [0.4, 0.5) is 0 Å². The van der Waals surface area contributed by atoms with Crippen molar-refractivity contribution in [1.82, 2.24) is 4.98 Å². The zero-order chi connectivity index (χ0) is 10.6. The fourth-order valence-corrected chi connectivity index (χ4v) is 1.21. The minimum Gasteiger partial charge on any atom is -0.481 e. The highest BCUT2D eigenvalue weighted by Gasteiger charge is 2.16. The van der Waals surface area contributed by atoms with Crippen LogP contribution >= 0.6 is 0 Å². The molecule has 4 heteroatoms. The molecule has 0 radical (unpaired) electrons. The summed E-state index contributed by atoms with van der Waals surface area (Å²) in [4.78, 5) is 14.5. The number of hydrogen-bond donors (Lipinski definition) is 2. The van der Waals surface area contributed by atoms with Crippen LogP contribution in [0.15, 0.2) is 24.5 Å². The van der Waals surface area contributed by atoms with Crippen molar-refractivity contribution in [2.45, 2.75) is 19.4 Å². The third-order valence-corrected chi connectivity index (χ3v) is 2.14. The van der Waals surface area contributed by atoms with Crippen LogP contribution in [0.2, 0.25) is 0 Å². The zero-order valence-corrected chi connectivity index (χ0v) is 8.05. The number of pyridine rings is 1. The van der Waals surface area contributed by atoms with Crippen LogP contribution in [-0.4, -0.2) is 16.1 Å². The number of carboxylic acid groups (broad SMARTS) is 1. The van der Waals surface area contributed by atoms with Gasteiger partial charge in [-0.25, -0.2) is 0 Å². The molecule has 0 spiro atoms. The molecule has 0 aliphatic heterocycles. The topological polar surface area (TPSA) is 76.2 Å². The van der Waals surface area contributed by atoms with Gasteiger partial charge in [0.2, 0.25) is 0 Å². The van der Waals surface area contributed by atoms with Crippen LogP contribution in [-0.2, 0) is 4.79 Å². The third kappa shape index (κ3) is 2.81. The second kappa shape index (κ2) is 4.72. The van der Waals surface area contributed by atoms with Crippen molar-refractivity contribution in [3.63, 3.8) is 0 Å². The third-order valence-electron chi connectivity index (χ3n) is 2.14. The lowest BCUT2D eigenvalue weighted by atomic mass is 9.98. The lowest BCUT2D eigenvalue weighted by Crippen LogP contribution is -2.19. The smallest absolute Gasteiger partial charge is 0.306 e. The molecule has 2 unspecified atom stereocenters. The Bertz CT molecular complexity index is 300. The Labute approximate surface area is 82.8 Å². The molecule has 0 amide bonds. The van der Waals surface area contributed by atoms with Gasteiger partial charge in [-0.1, -0.05) is 13.0 Å². The van der Waals surface area contributed by atoms with Crippen molar-refractivity contribution in [3.8, 4) is 0 Å². The van der Waals surface area contributed by atoms with Crippen molar-refractivity contribution in [2.24, 2.45) is 11.7 Å². The average molecular weight is 194 g/mol. The number of aliphatic carboxylic acids is 1. The molecule has 4 nitrogen and oxygen atoms in total. The van der Waals surface area contributed by atoms with E-state index in [1.807, 2.05) is 6.07 Å². The van der Waals surface area contributed by atoms with Crippen LogP contribution in [0.3, 0.4) is 0 Å². The largest absolute Gasteiger partial charge is 0.481 e. The molecule has 1 aromatic rings. The first kappa shape index (κ1) is 10.7. The highest BCUT2D eigenvalue weighted by Crippen LogP contribution is 2.17. The fraction of sp³-hybridized carbons (Fsp3) is 0.400. The number of carbonyl (C=O) groups is 1. The van der Waals surface area contributed by atoms with E-state index >= 15 is 0 Å². The summed E-state index contributed by atoms with van der Waals surface area (Å²) in [7, 11) is 0. The number of nitrogens with zero attached hydrogens (tertiary/aromatic N) is 1. The number of aromatic nitrogens is 1. The second-order valence-electron chi connectivity index (χ2n) is 3.37. The van der Waals surface area contributed by atoms with Crippen molar-refractivity contribution >= 4 is 5.97 Å². The molecule has 1 aromatic heterocycles. The summed E-state index contributed by atoms with van der Waals surface area (Å²) in [5.41, 5.74) is 6.71. The molecular weight excluding hydrogens is 180 g/mol. The van der Waals surface area contributed by atoms with Gasteiger partial charge in [0.15, 0.2) is 0 Å². The van der Waals surface area contributed by atoms with E-state index in [1.54, 1.807) is 25.4 Å². The number of hydrogen-bond acceptors (Lipinski definition) is 3. The van der Waals surface area contributed by atoms with Crippen molar-refractivity contribution < 1.29 is 9.90 Å². The first-order valence-electron chi connectivity index (χ1n) is 4.49. The Balaban J connectivity index is 2.59. The summed E-state index contributed by atoms with van der Waals surface area (Å²) in [6.07, 6.45) is 3.76. The molecule has 0 bridgehead atoms. The van der Waals surface area contributed by atoms with Gasteiger partial charge in [0.1, 0.15) is 0 Å². The Morgan fingerprint density at radius 3 is 2.93 bits per heavy atom. The van der Waals surface area contributed by atoms with Gasteiger partial charge in [-0.05, 0) is 18.1 Å². The number of rotatable bonds is 4. The maximum atomic E-state index is 10.6. The SMILES string of the molecule is CC(CC(N)c1cccnc1)C(=O)O. The summed E-state index contributed by atoms with van der Waals surface area (Å²) < 4.78 is 0. The van der Waals surface area contributed by atoms with Gasteiger partial charge in [-0.2, -0.15) is 0 Å². The first-order valence-corrected chi connectivity index (χ1v) is 4.49. The zero-order valence-electron chi connectivity index (χ0n) is 8.05.